The minimum absolute atomic E-state index is 0.0369. The van der Waals surface area contributed by atoms with Crippen LogP contribution in [0.4, 0.5) is 0 Å². The zero-order valence-corrected chi connectivity index (χ0v) is 12.8. The van der Waals surface area contributed by atoms with E-state index >= 15 is 0 Å². The minimum atomic E-state index is -3.98. The lowest BCUT2D eigenvalue weighted by Gasteiger charge is -2.22. The Hall–Kier alpha value is 0.0700. The van der Waals surface area contributed by atoms with Crippen LogP contribution in [-0.4, -0.2) is 29.8 Å². The maximum absolute atomic E-state index is 12.0. The van der Waals surface area contributed by atoms with Gasteiger partial charge in [-0.1, -0.05) is 19.8 Å². The molecule has 1 N–H and O–H groups in total. The number of hydrogen-bond donors (Lipinski definition) is 1. The molecule has 112 valence electrons. The molecule has 1 heterocycles. The molecule has 1 aliphatic carbocycles. The van der Waals surface area contributed by atoms with Crippen molar-refractivity contribution in [1.29, 1.82) is 0 Å². The average Bonchev–Trinajstić information content (AvgIpc) is 2.92. The normalized spacial score (nSPS) is 39.6. The van der Waals surface area contributed by atoms with Crippen LogP contribution in [0, 0.1) is 11.8 Å². The van der Waals surface area contributed by atoms with E-state index in [-0.39, 0.29) is 24.2 Å². The summed E-state index contributed by atoms with van der Waals surface area (Å²) in [6, 6.07) is 0. The third-order valence-electron chi connectivity index (χ3n) is 4.35. The van der Waals surface area contributed by atoms with Crippen LogP contribution in [0.15, 0.2) is 0 Å². The molecule has 2 aliphatic rings. The Morgan fingerprint density at radius 3 is 2.37 bits per heavy atom. The fourth-order valence-corrected chi connectivity index (χ4v) is 4.11. The van der Waals surface area contributed by atoms with E-state index in [9.17, 15) is 9.46 Å². The van der Waals surface area contributed by atoms with E-state index in [1.807, 2.05) is 20.8 Å². The van der Waals surface area contributed by atoms with Crippen molar-refractivity contribution < 1.29 is 23.2 Å². The monoisotopic (exact) mass is 292 g/mol. The SMILES string of the molecule is CC1O[C@@H](C)[C@@H](C)C1OP(=O)(O)OCC1CCCC1. The molecule has 1 aliphatic heterocycles. The first-order valence-corrected chi connectivity index (χ1v) is 8.70. The van der Waals surface area contributed by atoms with Crippen LogP contribution in [0.25, 0.3) is 0 Å². The van der Waals surface area contributed by atoms with Gasteiger partial charge in [-0.15, -0.1) is 0 Å². The quantitative estimate of drug-likeness (QED) is 0.789. The lowest BCUT2D eigenvalue weighted by molar-refractivity contribution is 0.0204. The first kappa shape index (κ1) is 15.5. The molecule has 1 saturated heterocycles. The van der Waals surface area contributed by atoms with Gasteiger partial charge in [-0.3, -0.25) is 9.05 Å². The summed E-state index contributed by atoms with van der Waals surface area (Å²) in [7, 11) is -3.98. The summed E-state index contributed by atoms with van der Waals surface area (Å²) in [5.41, 5.74) is 0. The Kier molecular flexibility index (Phi) is 5.07. The predicted octanol–water partition coefficient (Wildman–Crippen LogP) is 3.12. The van der Waals surface area contributed by atoms with Crippen LogP contribution in [0.2, 0.25) is 0 Å². The minimum Gasteiger partial charge on any atom is -0.372 e. The summed E-state index contributed by atoms with van der Waals surface area (Å²) in [6.45, 7) is 6.10. The number of rotatable bonds is 5. The first-order chi connectivity index (χ1) is 8.89. The fourth-order valence-electron chi connectivity index (χ4n) is 2.98. The summed E-state index contributed by atoms with van der Waals surface area (Å²) >= 11 is 0. The molecule has 19 heavy (non-hydrogen) atoms. The molecule has 6 heteroatoms. The van der Waals surface area contributed by atoms with Gasteiger partial charge in [0.2, 0.25) is 0 Å². The number of phosphoric acid groups is 1. The van der Waals surface area contributed by atoms with E-state index in [1.165, 1.54) is 12.8 Å². The molecule has 1 saturated carbocycles. The van der Waals surface area contributed by atoms with E-state index in [4.69, 9.17) is 13.8 Å². The van der Waals surface area contributed by atoms with E-state index in [2.05, 4.69) is 0 Å². The van der Waals surface area contributed by atoms with E-state index < -0.39 is 7.82 Å². The van der Waals surface area contributed by atoms with Gasteiger partial charge in [0.1, 0.15) is 6.10 Å². The van der Waals surface area contributed by atoms with Crippen LogP contribution in [0.3, 0.4) is 0 Å². The van der Waals surface area contributed by atoms with Crippen LogP contribution in [-0.2, 0) is 18.3 Å². The maximum atomic E-state index is 12.0. The average molecular weight is 292 g/mol. The second-order valence-corrected chi connectivity index (χ2v) is 7.30. The van der Waals surface area contributed by atoms with Crippen molar-refractivity contribution in [2.24, 2.45) is 11.8 Å². The summed E-state index contributed by atoms with van der Waals surface area (Å²) in [4.78, 5) is 9.81. The Morgan fingerprint density at radius 2 is 1.84 bits per heavy atom. The second-order valence-electron chi connectivity index (χ2n) is 5.89. The topological polar surface area (TPSA) is 65.0 Å². The van der Waals surface area contributed by atoms with Crippen molar-refractivity contribution in [2.45, 2.75) is 64.8 Å². The fraction of sp³-hybridized carbons (Fsp3) is 1.00. The van der Waals surface area contributed by atoms with Crippen molar-refractivity contribution in [3.05, 3.63) is 0 Å². The molecule has 2 fully saturated rings. The molecule has 0 aromatic heterocycles. The van der Waals surface area contributed by atoms with Crippen molar-refractivity contribution in [1.82, 2.24) is 0 Å². The highest BCUT2D eigenvalue weighted by molar-refractivity contribution is 7.47. The van der Waals surface area contributed by atoms with Gasteiger partial charge in [-0.2, -0.15) is 0 Å². The standard InChI is InChI=1S/C13H25O5P/c1-9-10(2)17-11(3)13(9)18-19(14,15)16-8-12-6-4-5-7-12/h9-13H,4-8H2,1-3H3,(H,14,15)/t9-,10+,11?,13?/m1/s1. The molecule has 0 aromatic carbocycles. The lowest BCUT2D eigenvalue weighted by Crippen LogP contribution is -2.26. The van der Waals surface area contributed by atoms with E-state index in [0.29, 0.717) is 12.5 Å². The highest BCUT2D eigenvalue weighted by atomic mass is 31.2. The molecular formula is C13H25O5P. The van der Waals surface area contributed by atoms with Gasteiger partial charge < -0.3 is 9.63 Å². The van der Waals surface area contributed by atoms with Gasteiger partial charge in [0.15, 0.2) is 0 Å². The molecule has 0 aromatic rings. The zero-order chi connectivity index (χ0) is 14.0. The number of phosphoric ester groups is 1. The van der Waals surface area contributed by atoms with Gasteiger partial charge in [0.05, 0.1) is 18.8 Å². The smallest absolute Gasteiger partial charge is 0.372 e. The molecule has 0 bridgehead atoms. The second kappa shape index (κ2) is 6.23. The van der Waals surface area contributed by atoms with Gasteiger partial charge >= 0.3 is 7.82 Å². The van der Waals surface area contributed by atoms with Crippen LogP contribution in [0.5, 0.6) is 0 Å². The van der Waals surface area contributed by atoms with E-state index in [0.717, 1.165) is 12.8 Å². The van der Waals surface area contributed by atoms with Gasteiger partial charge in [-0.25, -0.2) is 4.57 Å². The lowest BCUT2D eigenvalue weighted by atomic mass is 10.0. The largest absolute Gasteiger partial charge is 0.472 e. The Balaban J connectivity index is 1.84. The van der Waals surface area contributed by atoms with Gasteiger partial charge in [0, 0.05) is 5.92 Å². The van der Waals surface area contributed by atoms with Gasteiger partial charge in [0.25, 0.3) is 0 Å². The number of ether oxygens (including phenoxy) is 1. The van der Waals surface area contributed by atoms with Crippen LogP contribution < -0.4 is 0 Å². The van der Waals surface area contributed by atoms with Crippen molar-refractivity contribution >= 4 is 7.82 Å². The molecule has 0 spiro atoms. The molecule has 3 unspecified atom stereocenters. The van der Waals surface area contributed by atoms with Crippen LogP contribution >= 0.6 is 7.82 Å². The predicted molar refractivity (Wildman–Crippen MR) is 71.8 cm³/mol. The van der Waals surface area contributed by atoms with Crippen molar-refractivity contribution in [3.63, 3.8) is 0 Å². The van der Waals surface area contributed by atoms with Gasteiger partial charge in [-0.05, 0) is 32.6 Å². The first-order valence-electron chi connectivity index (χ1n) is 7.20. The molecule has 2 rings (SSSR count). The summed E-state index contributed by atoms with van der Waals surface area (Å²) in [5.74, 6) is 0.489. The molecule has 5 nitrogen and oxygen atoms in total. The van der Waals surface area contributed by atoms with E-state index in [1.54, 1.807) is 0 Å². The molecule has 0 amide bonds. The van der Waals surface area contributed by atoms with Crippen molar-refractivity contribution in [2.75, 3.05) is 6.61 Å². The highest BCUT2D eigenvalue weighted by Crippen LogP contribution is 2.49. The Morgan fingerprint density at radius 1 is 1.21 bits per heavy atom. The molecule has 0 radical (unpaired) electrons. The maximum Gasteiger partial charge on any atom is 0.472 e. The summed E-state index contributed by atoms with van der Waals surface area (Å²) < 4.78 is 28.0. The Bertz CT molecular complexity index is 342. The Labute approximate surface area is 115 Å². The van der Waals surface area contributed by atoms with Crippen LogP contribution in [0.1, 0.15) is 46.5 Å². The summed E-state index contributed by atoms with van der Waals surface area (Å²) in [6.07, 6.45) is 4.01. The highest BCUT2D eigenvalue weighted by Gasteiger charge is 2.42. The molecule has 5 atom stereocenters. The summed E-state index contributed by atoms with van der Waals surface area (Å²) in [5, 5.41) is 0. The number of hydrogen-bond acceptors (Lipinski definition) is 4. The molecular weight excluding hydrogens is 267 g/mol. The zero-order valence-electron chi connectivity index (χ0n) is 11.9. The van der Waals surface area contributed by atoms with Crippen molar-refractivity contribution in [3.8, 4) is 0 Å². The third kappa shape index (κ3) is 4.02. The third-order valence-corrected chi connectivity index (χ3v) is 5.34.